The minimum absolute atomic E-state index is 0.0615. The Labute approximate surface area is 168 Å². The first kappa shape index (κ1) is 17.6. The summed E-state index contributed by atoms with van der Waals surface area (Å²) in [5.41, 5.74) is 2.59. The molecule has 5 nitrogen and oxygen atoms in total. The van der Waals surface area contributed by atoms with Gasteiger partial charge in [-0.1, -0.05) is 56.3 Å². The number of aliphatic hydroxyl groups excluding tert-OH is 1. The van der Waals surface area contributed by atoms with E-state index >= 15 is 0 Å². The highest BCUT2D eigenvalue weighted by atomic mass is 16.3. The summed E-state index contributed by atoms with van der Waals surface area (Å²) in [4.78, 5) is 40.6. The van der Waals surface area contributed by atoms with Crippen molar-refractivity contribution in [2.75, 3.05) is 11.9 Å². The van der Waals surface area contributed by atoms with Gasteiger partial charge < -0.3 is 10.0 Å². The van der Waals surface area contributed by atoms with Crippen molar-refractivity contribution >= 4 is 23.0 Å². The first-order chi connectivity index (χ1) is 13.8. The molecule has 2 aromatic rings. The number of Topliss-reactive ketones (excluding diaryl/α,β-unsaturated/α-hetero) is 3. The standard InChI is InChI=1S/C24H19NO4/c1-24(2)14-10-6-7-11-15(14)25(3)23(24)18-16(21(28)22(18)29)17-19(26)12-8-4-5-9-13(12)20(17)27/h4-11,23,29H,1-3H3. The molecule has 3 aliphatic rings. The normalized spacial score (nSPS) is 22.2. The molecule has 1 atom stereocenters. The van der Waals surface area contributed by atoms with Crippen molar-refractivity contribution in [1.82, 2.24) is 0 Å². The quantitative estimate of drug-likeness (QED) is 0.600. The Morgan fingerprint density at radius 3 is 1.97 bits per heavy atom. The Morgan fingerprint density at radius 2 is 1.38 bits per heavy atom. The van der Waals surface area contributed by atoms with Crippen LogP contribution in [0.25, 0.3) is 0 Å². The van der Waals surface area contributed by atoms with Crippen LogP contribution < -0.4 is 4.90 Å². The number of aliphatic hydroxyl groups is 1. The van der Waals surface area contributed by atoms with E-state index in [1.807, 2.05) is 50.1 Å². The zero-order valence-corrected chi connectivity index (χ0v) is 16.3. The number of para-hydroxylation sites is 1. The van der Waals surface area contributed by atoms with Crippen LogP contribution in [0.4, 0.5) is 5.69 Å². The van der Waals surface area contributed by atoms with Crippen molar-refractivity contribution in [2.45, 2.75) is 25.3 Å². The van der Waals surface area contributed by atoms with Crippen molar-refractivity contribution in [3.8, 4) is 0 Å². The van der Waals surface area contributed by atoms with Gasteiger partial charge >= 0.3 is 0 Å². The van der Waals surface area contributed by atoms with Gasteiger partial charge in [-0.05, 0) is 11.6 Å². The molecular weight excluding hydrogens is 366 g/mol. The van der Waals surface area contributed by atoms with Crippen LogP contribution in [0.5, 0.6) is 0 Å². The summed E-state index contributed by atoms with van der Waals surface area (Å²) in [6.07, 6.45) is 0. The Bertz CT molecular complexity index is 1180. The van der Waals surface area contributed by atoms with E-state index in [4.69, 9.17) is 0 Å². The van der Waals surface area contributed by atoms with Gasteiger partial charge in [0.25, 0.3) is 0 Å². The van der Waals surface area contributed by atoms with E-state index in [2.05, 4.69) is 0 Å². The number of nitrogens with zero attached hydrogens (tertiary/aromatic N) is 1. The number of likely N-dealkylation sites (N-methyl/N-ethyl adjacent to an activating group) is 1. The van der Waals surface area contributed by atoms with Gasteiger partial charge in [0, 0.05) is 34.9 Å². The molecular formula is C24H19NO4. The van der Waals surface area contributed by atoms with E-state index in [1.54, 1.807) is 24.3 Å². The minimum Gasteiger partial charge on any atom is -0.504 e. The summed E-state index contributed by atoms with van der Waals surface area (Å²) in [6, 6.07) is 14.1. The Balaban J connectivity index is 1.70. The van der Waals surface area contributed by atoms with Crippen LogP contribution >= 0.6 is 0 Å². The second-order valence-electron chi connectivity index (χ2n) is 8.30. The number of hydrogen-bond acceptors (Lipinski definition) is 5. The monoisotopic (exact) mass is 385 g/mol. The molecule has 2 aliphatic carbocycles. The number of anilines is 1. The van der Waals surface area contributed by atoms with Crippen LogP contribution in [-0.4, -0.2) is 35.5 Å². The molecule has 0 spiro atoms. The van der Waals surface area contributed by atoms with E-state index in [0.29, 0.717) is 16.7 Å². The smallest absolute Gasteiger partial charge is 0.229 e. The molecule has 2 aromatic carbocycles. The molecule has 1 N–H and O–H groups in total. The summed E-state index contributed by atoms with van der Waals surface area (Å²) in [7, 11) is 1.90. The van der Waals surface area contributed by atoms with Crippen molar-refractivity contribution in [1.29, 1.82) is 0 Å². The molecule has 5 rings (SSSR count). The lowest BCUT2D eigenvalue weighted by atomic mass is 9.69. The molecule has 5 heteroatoms. The molecule has 0 radical (unpaired) electrons. The van der Waals surface area contributed by atoms with Gasteiger partial charge in [-0.15, -0.1) is 0 Å². The maximum Gasteiger partial charge on any atom is 0.229 e. The topological polar surface area (TPSA) is 74.7 Å². The highest BCUT2D eigenvalue weighted by Crippen LogP contribution is 2.52. The third-order valence-corrected chi connectivity index (χ3v) is 6.41. The molecule has 1 aliphatic heterocycles. The Hall–Kier alpha value is -3.47. The number of carbonyl (C=O) groups excluding carboxylic acids is 3. The number of benzene rings is 2. The highest BCUT2D eigenvalue weighted by Gasteiger charge is 2.54. The number of fused-ring (bicyclic) bond motifs is 2. The van der Waals surface area contributed by atoms with Gasteiger partial charge in [0.05, 0.1) is 17.2 Å². The average Bonchev–Trinajstić information content (AvgIpc) is 3.08. The number of hydrogen-bond donors (Lipinski definition) is 1. The molecule has 29 heavy (non-hydrogen) atoms. The first-order valence-electron chi connectivity index (χ1n) is 9.50. The van der Waals surface area contributed by atoms with Crippen LogP contribution in [0, 0.1) is 0 Å². The largest absolute Gasteiger partial charge is 0.504 e. The van der Waals surface area contributed by atoms with Crippen LogP contribution in [0.2, 0.25) is 0 Å². The van der Waals surface area contributed by atoms with Gasteiger partial charge in [0.2, 0.25) is 5.78 Å². The summed E-state index contributed by atoms with van der Waals surface area (Å²) < 4.78 is 0. The zero-order chi connectivity index (χ0) is 20.7. The predicted octanol–water partition coefficient (Wildman–Crippen LogP) is 3.55. The van der Waals surface area contributed by atoms with Crippen LogP contribution in [0.1, 0.15) is 40.1 Å². The van der Waals surface area contributed by atoms with Gasteiger partial charge in [-0.25, -0.2) is 0 Å². The fourth-order valence-electron chi connectivity index (χ4n) is 5.06. The lowest BCUT2D eigenvalue weighted by molar-refractivity contribution is -0.116. The molecule has 1 unspecified atom stereocenters. The van der Waals surface area contributed by atoms with Crippen molar-refractivity contribution < 1.29 is 19.5 Å². The SMILES string of the molecule is CN1c2ccccc2C(C)(C)C1C1=C(O)C(=O)C1=C1C(=O)c2ccccc2C1=O. The molecule has 0 amide bonds. The third-order valence-electron chi connectivity index (χ3n) is 6.41. The van der Waals surface area contributed by atoms with Crippen LogP contribution in [-0.2, 0) is 10.2 Å². The van der Waals surface area contributed by atoms with E-state index < -0.39 is 22.8 Å². The molecule has 1 heterocycles. The lowest BCUT2D eigenvalue weighted by Gasteiger charge is -2.39. The van der Waals surface area contributed by atoms with Crippen molar-refractivity contribution in [3.05, 3.63) is 87.7 Å². The van der Waals surface area contributed by atoms with Crippen LogP contribution in [0.3, 0.4) is 0 Å². The van der Waals surface area contributed by atoms with E-state index in [1.165, 1.54) is 0 Å². The Morgan fingerprint density at radius 1 is 0.828 bits per heavy atom. The van der Waals surface area contributed by atoms with Gasteiger partial charge in [-0.2, -0.15) is 0 Å². The predicted molar refractivity (Wildman–Crippen MR) is 108 cm³/mol. The molecule has 0 aromatic heterocycles. The summed E-state index contributed by atoms with van der Waals surface area (Å²) in [5.74, 6) is -1.89. The maximum atomic E-state index is 13.0. The number of rotatable bonds is 1. The average molecular weight is 385 g/mol. The summed E-state index contributed by atoms with van der Waals surface area (Å²) in [6.45, 7) is 4.08. The Kier molecular flexibility index (Phi) is 3.36. The third kappa shape index (κ3) is 2.02. The lowest BCUT2D eigenvalue weighted by Crippen LogP contribution is -2.47. The van der Waals surface area contributed by atoms with Gasteiger partial charge in [0.1, 0.15) is 0 Å². The first-order valence-corrected chi connectivity index (χ1v) is 9.50. The molecule has 0 bridgehead atoms. The molecule has 0 saturated carbocycles. The maximum absolute atomic E-state index is 13.0. The number of ketones is 3. The van der Waals surface area contributed by atoms with E-state index in [9.17, 15) is 19.5 Å². The van der Waals surface area contributed by atoms with E-state index in [-0.39, 0.29) is 22.9 Å². The minimum atomic E-state index is -0.635. The van der Waals surface area contributed by atoms with Crippen molar-refractivity contribution in [3.63, 3.8) is 0 Å². The summed E-state index contributed by atoms with van der Waals surface area (Å²) in [5, 5.41) is 10.5. The fourth-order valence-corrected chi connectivity index (χ4v) is 5.06. The second kappa shape index (κ2) is 5.54. The number of carbonyl (C=O) groups is 3. The second-order valence-corrected chi connectivity index (χ2v) is 8.30. The molecule has 0 saturated heterocycles. The summed E-state index contributed by atoms with van der Waals surface area (Å²) >= 11 is 0. The molecule has 144 valence electrons. The van der Waals surface area contributed by atoms with Gasteiger partial charge in [-0.3, -0.25) is 14.4 Å². The number of allylic oxidation sites excluding steroid dienone is 2. The van der Waals surface area contributed by atoms with Crippen LogP contribution in [0.15, 0.2) is 71.0 Å². The van der Waals surface area contributed by atoms with Crippen molar-refractivity contribution in [2.24, 2.45) is 0 Å². The molecule has 0 fully saturated rings. The zero-order valence-electron chi connectivity index (χ0n) is 16.3. The fraction of sp³-hybridized carbons (Fsp3) is 0.208. The van der Waals surface area contributed by atoms with E-state index in [0.717, 1.165) is 11.3 Å². The highest BCUT2D eigenvalue weighted by molar-refractivity contribution is 6.43. The van der Waals surface area contributed by atoms with Gasteiger partial charge in [0.15, 0.2) is 17.3 Å².